The molecule has 0 heterocycles. The SMILES string of the molecule is CC(CC#N)N(C)CC(=O)Nc1cc(N)ccc1F. The summed E-state index contributed by atoms with van der Waals surface area (Å²) in [6.07, 6.45) is 0.330. The van der Waals surface area contributed by atoms with E-state index in [1.54, 1.807) is 11.9 Å². The van der Waals surface area contributed by atoms with Crippen LogP contribution in [0.3, 0.4) is 0 Å². The predicted molar refractivity (Wildman–Crippen MR) is 71.8 cm³/mol. The van der Waals surface area contributed by atoms with Crippen molar-refractivity contribution in [2.45, 2.75) is 19.4 Å². The van der Waals surface area contributed by atoms with Crippen LogP contribution in [0, 0.1) is 17.1 Å². The molecule has 0 radical (unpaired) electrons. The van der Waals surface area contributed by atoms with Crippen molar-refractivity contribution < 1.29 is 9.18 Å². The maximum absolute atomic E-state index is 13.4. The molecule has 0 spiro atoms. The lowest BCUT2D eigenvalue weighted by atomic mass is 10.2. The Morgan fingerprint density at radius 2 is 2.32 bits per heavy atom. The molecule has 1 amide bonds. The fourth-order valence-corrected chi connectivity index (χ4v) is 1.50. The summed E-state index contributed by atoms with van der Waals surface area (Å²) in [6, 6.07) is 5.99. The summed E-state index contributed by atoms with van der Waals surface area (Å²) in [5, 5.41) is 11.0. The Balaban J connectivity index is 2.60. The minimum Gasteiger partial charge on any atom is -0.399 e. The molecule has 0 fully saturated rings. The Morgan fingerprint density at radius 1 is 1.63 bits per heavy atom. The Bertz CT molecular complexity index is 498. The van der Waals surface area contributed by atoms with Gasteiger partial charge < -0.3 is 11.1 Å². The van der Waals surface area contributed by atoms with Crippen LogP contribution in [-0.2, 0) is 4.79 Å². The largest absolute Gasteiger partial charge is 0.399 e. The molecular formula is C13H17FN4O. The molecule has 0 saturated carbocycles. The highest BCUT2D eigenvalue weighted by atomic mass is 19.1. The molecule has 102 valence electrons. The average Bonchev–Trinajstić information content (AvgIpc) is 2.34. The number of nitrogens with zero attached hydrogens (tertiary/aromatic N) is 2. The van der Waals surface area contributed by atoms with Gasteiger partial charge >= 0.3 is 0 Å². The summed E-state index contributed by atoms with van der Waals surface area (Å²) >= 11 is 0. The molecule has 0 bridgehead atoms. The third-order valence-electron chi connectivity index (χ3n) is 2.80. The van der Waals surface area contributed by atoms with Gasteiger partial charge in [-0.15, -0.1) is 0 Å². The van der Waals surface area contributed by atoms with Crippen LogP contribution in [-0.4, -0.2) is 30.4 Å². The smallest absolute Gasteiger partial charge is 0.238 e. The predicted octanol–water partition coefficient (Wildman–Crippen LogP) is 1.58. The number of carbonyl (C=O) groups is 1. The fraction of sp³-hybridized carbons (Fsp3) is 0.385. The van der Waals surface area contributed by atoms with Crippen molar-refractivity contribution >= 4 is 17.3 Å². The topological polar surface area (TPSA) is 82.2 Å². The number of nitrogens with one attached hydrogen (secondary N) is 1. The summed E-state index contributed by atoms with van der Waals surface area (Å²) in [7, 11) is 1.73. The van der Waals surface area contributed by atoms with E-state index < -0.39 is 5.82 Å². The second kappa shape index (κ2) is 6.71. The number of nitriles is 1. The molecule has 3 N–H and O–H groups in total. The number of likely N-dealkylation sites (N-methyl/N-ethyl adjacent to an activating group) is 1. The van der Waals surface area contributed by atoms with Gasteiger partial charge in [-0.25, -0.2) is 4.39 Å². The Labute approximate surface area is 111 Å². The van der Waals surface area contributed by atoms with Gasteiger partial charge in [0.05, 0.1) is 24.7 Å². The molecular weight excluding hydrogens is 247 g/mol. The van der Waals surface area contributed by atoms with E-state index >= 15 is 0 Å². The van der Waals surface area contributed by atoms with Gasteiger partial charge in [0.15, 0.2) is 0 Å². The van der Waals surface area contributed by atoms with Crippen molar-refractivity contribution in [2.24, 2.45) is 0 Å². The van der Waals surface area contributed by atoms with Crippen molar-refractivity contribution in [2.75, 3.05) is 24.6 Å². The van der Waals surface area contributed by atoms with Gasteiger partial charge in [0, 0.05) is 11.7 Å². The Hall–Kier alpha value is -2.13. The maximum atomic E-state index is 13.4. The van der Waals surface area contributed by atoms with Crippen LogP contribution in [0.4, 0.5) is 15.8 Å². The van der Waals surface area contributed by atoms with Gasteiger partial charge in [-0.05, 0) is 32.2 Å². The molecule has 1 aromatic rings. The highest BCUT2D eigenvalue weighted by molar-refractivity contribution is 5.92. The first-order chi connectivity index (χ1) is 8.93. The van der Waals surface area contributed by atoms with E-state index in [9.17, 15) is 9.18 Å². The number of anilines is 2. The summed E-state index contributed by atoms with van der Waals surface area (Å²) in [6.45, 7) is 1.93. The van der Waals surface area contributed by atoms with Crippen molar-refractivity contribution in [1.82, 2.24) is 4.90 Å². The minimum absolute atomic E-state index is 0.0403. The van der Waals surface area contributed by atoms with E-state index in [-0.39, 0.29) is 24.2 Å². The number of benzene rings is 1. The van der Waals surface area contributed by atoms with E-state index in [1.165, 1.54) is 18.2 Å². The molecule has 1 unspecified atom stereocenters. The standard InChI is InChI=1S/C13H17FN4O/c1-9(5-6-15)18(2)8-13(19)17-12-7-10(16)3-4-11(12)14/h3-4,7,9H,5,8,16H2,1-2H3,(H,17,19). The van der Waals surface area contributed by atoms with Gasteiger partial charge in [-0.3, -0.25) is 9.69 Å². The first-order valence-corrected chi connectivity index (χ1v) is 5.86. The Morgan fingerprint density at radius 3 is 2.95 bits per heavy atom. The number of hydrogen-bond acceptors (Lipinski definition) is 4. The maximum Gasteiger partial charge on any atom is 0.238 e. The molecule has 5 nitrogen and oxygen atoms in total. The van der Waals surface area contributed by atoms with E-state index in [0.717, 1.165) is 0 Å². The second-order valence-electron chi connectivity index (χ2n) is 4.41. The second-order valence-corrected chi connectivity index (χ2v) is 4.41. The van der Waals surface area contributed by atoms with Gasteiger partial charge in [0.25, 0.3) is 0 Å². The summed E-state index contributed by atoms with van der Waals surface area (Å²) in [4.78, 5) is 13.5. The molecule has 19 heavy (non-hydrogen) atoms. The first-order valence-electron chi connectivity index (χ1n) is 5.86. The van der Waals surface area contributed by atoms with Gasteiger partial charge in [-0.2, -0.15) is 5.26 Å². The van der Waals surface area contributed by atoms with E-state index in [4.69, 9.17) is 11.0 Å². The number of halogens is 1. The summed E-state index contributed by atoms with van der Waals surface area (Å²) < 4.78 is 13.4. The van der Waals surface area contributed by atoms with Crippen molar-refractivity contribution in [3.63, 3.8) is 0 Å². The molecule has 0 aliphatic rings. The zero-order valence-corrected chi connectivity index (χ0v) is 11.0. The van der Waals surface area contributed by atoms with Crippen LogP contribution in [0.25, 0.3) is 0 Å². The number of amides is 1. The van der Waals surface area contributed by atoms with E-state index in [1.807, 2.05) is 13.0 Å². The number of carbonyl (C=O) groups excluding carboxylic acids is 1. The third kappa shape index (κ3) is 4.56. The van der Waals surface area contributed by atoms with Crippen molar-refractivity contribution in [1.29, 1.82) is 5.26 Å². The third-order valence-corrected chi connectivity index (χ3v) is 2.80. The normalized spacial score (nSPS) is 11.9. The van der Waals surface area contributed by atoms with Crippen molar-refractivity contribution in [3.05, 3.63) is 24.0 Å². The average molecular weight is 264 g/mol. The molecule has 0 aliphatic carbocycles. The lowest BCUT2D eigenvalue weighted by Gasteiger charge is -2.21. The first kappa shape index (κ1) is 14.9. The molecule has 1 atom stereocenters. The summed E-state index contributed by atoms with van der Waals surface area (Å²) in [5.41, 5.74) is 5.97. The van der Waals surface area contributed by atoms with Crippen LogP contribution >= 0.6 is 0 Å². The van der Waals surface area contributed by atoms with Gasteiger partial charge in [-0.1, -0.05) is 0 Å². The van der Waals surface area contributed by atoms with Gasteiger partial charge in [0.1, 0.15) is 5.82 Å². The molecule has 6 heteroatoms. The highest BCUT2D eigenvalue weighted by Gasteiger charge is 2.14. The molecule has 0 aliphatic heterocycles. The summed E-state index contributed by atoms with van der Waals surface area (Å²) in [5.74, 6) is -0.882. The number of nitrogens with two attached hydrogens (primary N) is 1. The van der Waals surface area contributed by atoms with E-state index in [0.29, 0.717) is 12.1 Å². The highest BCUT2D eigenvalue weighted by Crippen LogP contribution is 2.17. The lowest BCUT2D eigenvalue weighted by Crippen LogP contribution is -2.36. The van der Waals surface area contributed by atoms with E-state index in [2.05, 4.69) is 5.32 Å². The zero-order chi connectivity index (χ0) is 14.4. The van der Waals surface area contributed by atoms with Crippen LogP contribution in [0.2, 0.25) is 0 Å². The van der Waals surface area contributed by atoms with Crippen LogP contribution in [0.15, 0.2) is 18.2 Å². The Kier molecular flexibility index (Phi) is 5.27. The van der Waals surface area contributed by atoms with Crippen LogP contribution in [0.5, 0.6) is 0 Å². The van der Waals surface area contributed by atoms with Gasteiger partial charge in [0.2, 0.25) is 5.91 Å². The quantitative estimate of drug-likeness (QED) is 0.791. The number of hydrogen-bond donors (Lipinski definition) is 2. The lowest BCUT2D eigenvalue weighted by molar-refractivity contribution is -0.117. The molecule has 1 aromatic carbocycles. The fourth-order valence-electron chi connectivity index (χ4n) is 1.50. The minimum atomic E-state index is -0.532. The zero-order valence-electron chi connectivity index (χ0n) is 11.0. The van der Waals surface area contributed by atoms with Crippen LogP contribution < -0.4 is 11.1 Å². The molecule has 1 rings (SSSR count). The van der Waals surface area contributed by atoms with Crippen molar-refractivity contribution in [3.8, 4) is 6.07 Å². The molecule has 0 saturated heterocycles. The number of rotatable bonds is 5. The van der Waals surface area contributed by atoms with Crippen LogP contribution in [0.1, 0.15) is 13.3 Å². The number of nitrogen functional groups attached to an aromatic ring is 1. The monoisotopic (exact) mass is 264 g/mol. The molecule has 0 aromatic heterocycles.